The Kier molecular flexibility index (Phi) is 3.69. The molecule has 0 unspecified atom stereocenters. The largest absolute Gasteiger partial charge is 0.493 e. The Hall–Kier alpha value is -2.94. The average Bonchev–Trinajstić information content (AvgIpc) is 2.48. The first-order chi connectivity index (χ1) is 9.26. The van der Waals surface area contributed by atoms with E-state index in [1.54, 1.807) is 18.2 Å². The van der Waals surface area contributed by atoms with Crippen LogP contribution in [0.25, 0.3) is 0 Å². The normalized spacial score (nSPS) is 9.47. The molecule has 0 amide bonds. The molecule has 6 nitrogen and oxygen atoms in total. The van der Waals surface area contributed by atoms with Crippen LogP contribution in [0.2, 0.25) is 0 Å². The van der Waals surface area contributed by atoms with Gasteiger partial charge in [0.15, 0.2) is 17.8 Å². The summed E-state index contributed by atoms with van der Waals surface area (Å²) in [7, 11) is 1.47. The van der Waals surface area contributed by atoms with Gasteiger partial charge in [-0.15, -0.1) is 0 Å². The van der Waals surface area contributed by atoms with Crippen LogP contribution in [0.3, 0.4) is 0 Å². The molecule has 94 valence electrons. The van der Waals surface area contributed by atoms with Gasteiger partial charge in [-0.1, -0.05) is 0 Å². The summed E-state index contributed by atoms with van der Waals surface area (Å²) in [5, 5.41) is 8.79. The third kappa shape index (κ3) is 2.84. The molecule has 0 fully saturated rings. The fourth-order valence-electron chi connectivity index (χ4n) is 1.36. The molecule has 2 rings (SSSR count). The first-order valence-electron chi connectivity index (χ1n) is 5.30. The molecule has 1 heterocycles. The Labute approximate surface area is 109 Å². The first kappa shape index (κ1) is 12.5. The minimum absolute atomic E-state index is 0.0913. The highest BCUT2D eigenvalue weighted by atomic mass is 16.5. The summed E-state index contributed by atoms with van der Waals surface area (Å²) >= 11 is 0. The number of nitrogens with zero attached hydrogens (tertiary/aromatic N) is 3. The molecule has 6 heteroatoms. The number of methoxy groups -OCH3 is 1. The van der Waals surface area contributed by atoms with E-state index in [0.717, 1.165) is 0 Å². The first-order valence-corrected chi connectivity index (χ1v) is 5.30. The molecular weight excluding hydrogens is 246 g/mol. The van der Waals surface area contributed by atoms with Crippen molar-refractivity contribution in [2.75, 3.05) is 7.11 Å². The number of aldehydes is 1. The zero-order chi connectivity index (χ0) is 13.7. The predicted octanol–water partition coefficient (Wildman–Crippen LogP) is 1.96. The molecule has 19 heavy (non-hydrogen) atoms. The van der Waals surface area contributed by atoms with Crippen molar-refractivity contribution in [3.8, 4) is 23.6 Å². The van der Waals surface area contributed by atoms with Crippen LogP contribution in [0.5, 0.6) is 17.5 Å². The van der Waals surface area contributed by atoms with Crippen LogP contribution in [0, 0.1) is 11.3 Å². The number of hydrogen-bond donors (Lipinski definition) is 0. The highest BCUT2D eigenvalue weighted by Crippen LogP contribution is 2.30. The van der Waals surface area contributed by atoms with Gasteiger partial charge in [-0.05, 0) is 12.1 Å². The number of hydrogen-bond acceptors (Lipinski definition) is 6. The van der Waals surface area contributed by atoms with E-state index in [1.807, 2.05) is 6.07 Å². The lowest BCUT2D eigenvalue weighted by molar-refractivity contribution is 0.112. The summed E-state index contributed by atoms with van der Waals surface area (Å²) in [5.74, 6) is 0.794. The average molecular weight is 255 g/mol. The summed E-state index contributed by atoms with van der Waals surface area (Å²) in [5.41, 5.74) is 0.820. The second kappa shape index (κ2) is 5.60. The molecule has 0 bridgehead atoms. The van der Waals surface area contributed by atoms with E-state index in [0.29, 0.717) is 28.9 Å². The Bertz CT molecular complexity index is 633. The second-order valence-corrected chi connectivity index (χ2v) is 3.50. The lowest BCUT2D eigenvalue weighted by atomic mass is 10.2. The highest BCUT2D eigenvalue weighted by Gasteiger charge is 2.08. The number of benzene rings is 1. The van der Waals surface area contributed by atoms with Gasteiger partial charge in [-0.2, -0.15) is 5.26 Å². The molecule has 0 saturated carbocycles. The number of carbonyl (C=O) groups is 1. The van der Waals surface area contributed by atoms with Crippen molar-refractivity contribution in [3.05, 3.63) is 41.7 Å². The molecule has 2 aromatic rings. The van der Waals surface area contributed by atoms with Gasteiger partial charge < -0.3 is 9.47 Å². The molecule has 0 aliphatic heterocycles. The van der Waals surface area contributed by atoms with Gasteiger partial charge in [-0.3, -0.25) is 4.79 Å². The van der Waals surface area contributed by atoms with E-state index in [4.69, 9.17) is 14.7 Å². The maximum absolute atomic E-state index is 10.5. The topological polar surface area (TPSA) is 85.1 Å². The van der Waals surface area contributed by atoms with Crippen molar-refractivity contribution >= 4 is 6.29 Å². The Morgan fingerprint density at radius 1 is 1.26 bits per heavy atom. The van der Waals surface area contributed by atoms with Crippen LogP contribution in [-0.4, -0.2) is 23.4 Å². The standard InChI is InChI=1S/C13H9N3O3/c1-18-12-4-9(5-14)2-3-11(12)19-13-15-6-10(8-17)7-16-13/h2-4,6-8H,1H3. The minimum atomic E-state index is 0.0913. The number of aromatic nitrogens is 2. The zero-order valence-electron chi connectivity index (χ0n) is 10.0. The SMILES string of the molecule is COc1cc(C#N)ccc1Oc1ncc(C=O)cn1. The molecule has 0 N–H and O–H groups in total. The van der Waals surface area contributed by atoms with Crippen LogP contribution < -0.4 is 9.47 Å². The van der Waals surface area contributed by atoms with Crippen LogP contribution in [0.1, 0.15) is 15.9 Å². The van der Waals surface area contributed by atoms with Crippen molar-refractivity contribution < 1.29 is 14.3 Å². The van der Waals surface area contributed by atoms with Crippen molar-refractivity contribution in [1.29, 1.82) is 5.26 Å². The second-order valence-electron chi connectivity index (χ2n) is 3.50. The molecule has 0 radical (unpaired) electrons. The van der Waals surface area contributed by atoms with Gasteiger partial charge in [-0.25, -0.2) is 9.97 Å². The van der Waals surface area contributed by atoms with Gasteiger partial charge >= 0.3 is 6.01 Å². The Balaban J connectivity index is 2.27. The third-order valence-electron chi connectivity index (χ3n) is 2.28. The van der Waals surface area contributed by atoms with Gasteiger partial charge in [0.1, 0.15) is 0 Å². The van der Waals surface area contributed by atoms with Crippen LogP contribution in [0.15, 0.2) is 30.6 Å². The summed E-state index contributed by atoms with van der Waals surface area (Å²) in [6.07, 6.45) is 3.35. The fraction of sp³-hybridized carbons (Fsp3) is 0.0769. The highest BCUT2D eigenvalue weighted by molar-refractivity contribution is 5.73. The minimum Gasteiger partial charge on any atom is -0.493 e. The van der Waals surface area contributed by atoms with E-state index in [1.165, 1.54) is 19.5 Å². The summed E-state index contributed by atoms with van der Waals surface area (Å²) in [6, 6.07) is 6.83. The van der Waals surface area contributed by atoms with Crippen molar-refractivity contribution in [2.45, 2.75) is 0 Å². The maximum atomic E-state index is 10.5. The van der Waals surface area contributed by atoms with Gasteiger partial charge in [0, 0.05) is 18.5 Å². The number of ether oxygens (including phenoxy) is 2. The molecule has 0 aliphatic carbocycles. The number of carbonyl (C=O) groups excluding carboxylic acids is 1. The lowest BCUT2D eigenvalue weighted by Gasteiger charge is -2.08. The molecular formula is C13H9N3O3. The summed E-state index contributed by atoms with van der Waals surface area (Å²) in [4.78, 5) is 18.2. The summed E-state index contributed by atoms with van der Waals surface area (Å²) in [6.45, 7) is 0. The van der Waals surface area contributed by atoms with Crippen molar-refractivity contribution in [1.82, 2.24) is 9.97 Å². The molecule has 0 saturated heterocycles. The van der Waals surface area contributed by atoms with E-state index in [2.05, 4.69) is 9.97 Å². The summed E-state index contributed by atoms with van der Waals surface area (Å²) < 4.78 is 10.5. The number of nitriles is 1. The predicted molar refractivity (Wildman–Crippen MR) is 65.2 cm³/mol. The van der Waals surface area contributed by atoms with E-state index in [-0.39, 0.29) is 6.01 Å². The van der Waals surface area contributed by atoms with Gasteiger partial charge in [0.25, 0.3) is 0 Å². The quantitative estimate of drug-likeness (QED) is 0.776. The lowest BCUT2D eigenvalue weighted by Crippen LogP contribution is -1.95. The molecule has 1 aromatic carbocycles. The maximum Gasteiger partial charge on any atom is 0.322 e. The van der Waals surface area contributed by atoms with E-state index < -0.39 is 0 Å². The Morgan fingerprint density at radius 2 is 2.00 bits per heavy atom. The Morgan fingerprint density at radius 3 is 2.58 bits per heavy atom. The smallest absolute Gasteiger partial charge is 0.322 e. The van der Waals surface area contributed by atoms with Crippen LogP contribution in [-0.2, 0) is 0 Å². The zero-order valence-corrected chi connectivity index (χ0v) is 10.0. The monoisotopic (exact) mass is 255 g/mol. The van der Waals surface area contributed by atoms with Crippen LogP contribution >= 0.6 is 0 Å². The van der Waals surface area contributed by atoms with E-state index >= 15 is 0 Å². The molecule has 0 aliphatic rings. The number of rotatable bonds is 4. The van der Waals surface area contributed by atoms with E-state index in [9.17, 15) is 4.79 Å². The fourth-order valence-corrected chi connectivity index (χ4v) is 1.36. The molecule has 1 aromatic heterocycles. The van der Waals surface area contributed by atoms with Gasteiger partial charge in [0.05, 0.1) is 24.3 Å². The van der Waals surface area contributed by atoms with Gasteiger partial charge in [0.2, 0.25) is 0 Å². The molecule has 0 spiro atoms. The molecule has 0 atom stereocenters. The third-order valence-corrected chi connectivity index (χ3v) is 2.28. The van der Waals surface area contributed by atoms with Crippen LogP contribution in [0.4, 0.5) is 0 Å². The van der Waals surface area contributed by atoms with Crippen molar-refractivity contribution in [2.24, 2.45) is 0 Å². The van der Waals surface area contributed by atoms with Crippen molar-refractivity contribution in [3.63, 3.8) is 0 Å².